The molecule has 9 nitrogen and oxygen atoms in total. The Hall–Kier alpha value is -3.75. The molecular formula is C17H11N5O4. The Kier molecular flexibility index (Phi) is 2.74. The summed E-state index contributed by atoms with van der Waals surface area (Å²) < 4.78 is 4.69. The van der Waals surface area contributed by atoms with E-state index < -0.39 is 23.4 Å². The van der Waals surface area contributed by atoms with Crippen LogP contribution in [0, 0.1) is 0 Å². The maximum absolute atomic E-state index is 13.2. The first-order chi connectivity index (χ1) is 12.6. The lowest BCUT2D eigenvalue weighted by Crippen LogP contribution is -2.52. The topological polar surface area (TPSA) is 117 Å². The molecule has 2 aromatic carbocycles. The highest BCUT2D eigenvalue weighted by Gasteiger charge is 2.61. The van der Waals surface area contributed by atoms with Crippen LogP contribution >= 0.6 is 0 Å². The summed E-state index contributed by atoms with van der Waals surface area (Å²) in [6, 6.07) is 11.5. The number of aromatic nitrogens is 2. The molecule has 1 atom stereocenters. The van der Waals surface area contributed by atoms with Crippen LogP contribution in [0.5, 0.6) is 0 Å². The van der Waals surface area contributed by atoms with Crippen molar-refractivity contribution in [1.82, 2.24) is 20.9 Å². The average Bonchev–Trinajstić information content (AvgIpc) is 3.28. The molecule has 5 rings (SSSR count). The molecule has 1 aromatic heterocycles. The fourth-order valence-corrected chi connectivity index (χ4v) is 3.51. The van der Waals surface area contributed by atoms with Crippen molar-refractivity contribution in [2.24, 2.45) is 0 Å². The molecular weight excluding hydrogens is 338 g/mol. The highest BCUT2D eigenvalue weighted by atomic mass is 16.6. The number of imide groups is 1. The molecule has 0 aliphatic carbocycles. The van der Waals surface area contributed by atoms with E-state index in [1.54, 1.807) is 42.5 Å². The van der Waals surface area contributed by atoms with Gasteiger partial charge >= 0.3 is 6.03 Å². The van der Waals surface area contributed by atoms with E-state index in [-0.39, 0.29) is 6.54 Å². The summed E-state index contributed by atoms with van der Waals surface area (Å²) >= 11 is 0. The summed E-state index contributed by atoms with van der Waals surface area (Å²) in [6.07, 6.45) is 0. The number of amides is 4. The average molecular weight is 349 g/mol. The van der Waals surface area contributed by atoms with Crippen LogP contribution < -0.4 is 15.5 Å². The van der Waals surface area contributed by atoms with E-state index in [4.69, 9.17) is 0 Å². The van der Waals surface area contributed by atoms with Crippen LogP contribution in [0.3, 0.4) is 0 Å². The zero-order valence-electron chi connectivity index (χ0n) is 13.2. The molecule has 26 heavy (non-hydrogen) atoms. The molecule has 128 valence electrons. The molecule has 4 amide bonds. The lowest BCUT2D eigenvalue weighted by molar-refractivity contribution is -0.134. The van der Waals surface area contributed by atoms with Gasteiger partial charge in [-0.25, -0.2) is 9.42 Å². The van der Waals surface area contributed by atoms with Crippen molar-refractivity contribution >= 4 is 34.6 Å². The maximum atomic E-state index is 13.2. The van der Waals surface area contributed by atoms with Crippen LogP contribution in [0.4, 0.5) is 10.5 Å². The van der Waals surface area contributed by atoms with Gasteiger partial charge in [0, 0.05) is 5.56 Å². The van der Waals surface area contributed by atoms with Gasteiger partial charge in [-0.15, -0.1) is 0 Å². The molecule has 2 N–H and O–H groups in total. The maximum Gasteiger partial charge on any atom is 0.323 e. The van der Waals surface area contributed by atoms with Crippen LogP contribution in [-0.2, 0) is 21.7 Å². The normalized spacial score (nSPS) is 21.4. The van der Waals surface area contributed by atoms with Crippen molar-refractivity contribution in [3.05, 3.63) is 53.6 Å². The molecule has 0 radical (unpaired) electrons. The van der Waals surface area contributed by atoms with E-state index in [0.29, 0.717) is 22.3 Å². The van der Waals surface area contributed by atoms with Crippen LogP contribution in [-0.4, -0.2) is 28.2 Å². The first-order valence-electron chi connectivity index (χ1n) is 7.86. The predicted molar refractivity (Wildman–Crippen MR) is 87.8 cm³/mol. The van der Waals surface area contributed by atoms with Crippen molar-refractivity contribution in [2.45, 2.75) is 12.1 Å². The minimum atomic E-state index is -1.72. The Balaban J connectivity index is 1.60. The molecule has 3 heterocycles. The molecule has 0 bridgehead atoms. The van der Waals surface area contributed by atoms with E-state index in [2.05, 4.69) is 25.6 Å². The third-order valence-corrected chi connectivity index (χ3v) is 4.69. The van der Waals surface area contributed by atoms with E-state index in [9.17, 15) is 14.4 Å². The molecule has 0 saturated carbocycles. The van der Waals surface area contributed by atoms with Crippen LogP contribution in [0.15, 0.2) is 47.1 Å². The number of rotatable bonds is 2. The second-order valence-corrected chi connectivity index (χ2v) is 6.15. The Labute approximate surface area is 145 Å². The SMILES string of the molecule is O=C1NC(=O)C2(N1)C(=O)N(Cc1ccc3nonc3c1)c1ccccc12. The molecule has 3 aromatic rings. The number of carbonyl (C=O) groups excluding carboxylic acids is 3. The van der Waals surface area contributed by atoms with Gasteiger partial charge in [0.05, 0.1) is 12.2 Å². The number of anilines is 1. The van der Waals surface area contributed by atoms with Crippen LogP contribution in [0.1, 0.15) is 11.1 Å². The fraction of sp³-hybridized carbons (Fsp3) is 0.118. The zero-order chi connectivity index (χ0) is 17.9. The summed E-state index contributed by atoms with van der Waals surface area (Å²) in [5, 5.41) is 12.2. The van der Waals surface area contributed by atoms with E-state index >= 15 is 0 Å². The summed E-state index contributed by atoms with van der Waals surface area (Å²) in [5.74, 6) is -1.17. The van der Waals surface area contributed by atoms with Gasteiger partial charge in [0.15, 0.2) is 0 Å². The minimum absolute atomic E-state index is 0.212. The van der Waals surface area contributed by atoms with Crippen molar-refractivity contribution in [2.75, 3.05) is 4.90 Å². The highest BCUT2D eigenvalue weighted by molar-refractivity contribution is 6.27. The van der Waals surface area contributed by atoms with Gasteiger partial charge in [-0.1, -0.05) is 24.3 Å². The van der Waals surface area contributed by atoms with Gasteiger partial charge < -0.3 is 10.2 Å². The number of hydrogen-bond acceptors (Lipinski definition) is 6. The number of fused-ring (bicyclic) bond motifs is 3. The minimum Gasteiger partial charge on any atom is -0.312 e. The van der Waals surface area contributed by atoms with Crippen molar-refractivity contribution in [1.29, 1.82) is 0 Å². The lowest BCUT2D eigenvalue weighted by Gasteiger charge is -2.21. The second kappa shape index (κ2) is 4.88. The monoisotopic (exact) mass is 349 g/mol. The largest absolute Gasteiger partial charge is 0.323 e. The molecule has 2 aliphatic rings. The van der Waals surface area contributed by atoms with Gasteiger partial charge in [0.25, 0.3) is 11.8 Å². The molecule has 1 unspecified atom stereocenters. The van der Waals surface area contributed by atoms with Gasteiger partial charge in [0.2, 0.25) is 5.54 Å². The lowest BCUT2D eigenvalue weighted by atomic mass is 9.92. The zero-order valence-corrected chi connectivity index (χ0v) is 13.2. The quantitative estimate of drug-likeness (QED) is 0.522. The first kappa shape index (κ1) is 14.6. The fourth-order valence-electron chi connectivity index (χ4n) is 3.51. The molecule has 2 aliphatic heterocycles. The van der Waals surface area contributed by atoms with Gasteiger partial charge in [0.1, 0.15) is 11.0 Å². The third-order valence-electron chi connectivity index (χ3n) is 4.69. The molecule has 1 spiro atoms. The highest BCUT2D eigenvalue weighted by Crippen LogP contribution is 2.42. The van der Waals surface area contributed by atoms with Crippen molar-refractivity contribution < 1.29 is 19.0 Å². The Morgan fingerprint density at radius 1 is 1.04 bits per heavy atom. The number of carbonyl (C=O) groups is 3. The first-order valence-corrected chi connectivity index (χ1v) is 7.86. The predicted octanol–water partition coefficient (Wildman–Crippen LogP) is 0.804. The Morgan fingerprint density at radius 2 is 1.85 bits per heavy atom. The smallest absolute Gasteiger partial charge is 0.312 e. The number of nitrogens with one attached hydrogen (secondary N) is 2. The summed E-state index contributed by atoms with van der Waals surface area (Å²) in [6.45, 7) is 0.212. The Bertz CT molecular complexity index is 1110. The second-order valence-electron chi connectivity index (χ2n) is 6.15. The van der Waals surface area contributed by atoms with E-state index in [1.807, 2.05) is 0 Å². The number of hydrogen-bond donors (Lipinski definition) is 2. The van der Waals surface area contributed by atoms with Crippen LogP contribution in [0.25, 0.3) is 11.0 Å². The number of urea groups is 1. The summed E-state index contributed by atoms with van der Waals surface area (Å²) in [4.78, 5) is 38.8. The van der Waals surface area contributed by atoms with Gasteiger partial charge in [-0.05, 0) is 34.1 Å². The standard InChI is InChI=1S/C17H11N5O4/c23-14-17(19-16(25)18-14)10-3-1-2-4-13(10)22(15(17)24)8-9-5-6-11-12(7-9)21-26-20-11/h1-7H,8H2,(H2,18,19,23,25). The van der Waals surface area contributed by atoms with Gasteiger partial charge in [-0.2, -0.15) is 0 Å². The Morgan fingerprint density at radius 3 is 2.65 bits per heavy atom. The van der Waals surface area contributed by atoms with E-state index in [0.717, 1.165) is 5.56 Å². The van der Waals surface area contributed by atoms with Crippen molar-refractivity contribution in [3.8, 4) is 0 Å². The number of nitrogens with zero attached hydrogens (tertiary/aromatic N) is 3. The van der Waals surface area contributed by atoms with Gasteiger partial charge in [-0.3, -0.25) is 14.9 Å². The van der Waals surface area contributed by atoms with Crippen molar-refractivity contribution in [3.63, 3.8) is 0 Å². The third kappa shape index (κ3) is 1.76. The summed E-state index contributed by atoms with van der Waals surface area (Å²) in [5.41, 5.74) is 1.29. The summed E-state index contributed by atoms with van der Waals surface area (Å²) in [7, 11) is 0. The number of benzene rings is 2. The van der Waals surface area contributed by atoms with Crippen LogP contribution in [0.2, 0.25) is 0 Å². The molecule has 1 saturated heterocycles. The molecule has 1 fully saturated rings. The molecule has 9 heteroatoms. The number of para-hydroxylation sites is 1. The van der Waals surface area contributed by atoms with E-state index in [1.165, 1.54) is 4.90 Å².